The van der Waals surface area contributed by atoms with Crippen molar-refractivity contribution in [3.8, 4) is 0 Å². The first kappa shape index (κ1) is 17.9. The Morgan fingerprint density at radius 1 is 1.15 bits per heavy atom. The molecule has 0 saturated carbocycles. The summed E-state index contributed by atoms with van der Waals surface area (Å²) in [7, 11) is 0. The minimum atomic E-state index is -0.104. The number of anilines is 1. The summed E-state index contributed by atoms with van der Waals surface area (Å²) in [6, 6.07) is 12.2. The number of aromatic nitrogens is 2. The number of nitrogens with zero attached hydrogens (tertiary/aromatic N) is 4. The van der Waals surface area contributed by atoms with Crippen LogP contribution >= 0.6 is 11.3 Å². The van der Waals surface area contributed by atoms with Gasteiger partial charge < -0.3 is 9.80 Å². The van der Waals surface area contributed by atoms with Crippen LogP contribution < -0.4 is 4.90 Å². The maximum Gasteiger partial charge on any atom is 0.229 e. The third kappa shape index (κ3) is 3.54. The Morgan fingerprint density at radius 2 is 1.89 bits per heavy atom. The van der Waals surface area contributed by atoms with Crippen LogP contribution in [0.1, 0.15) is 30.2 Å². The number of carbonyl (C=O) groups excluding carboxylic acids is 1. The highest BCUT2D eigenvalue weighted by Crippen LogP contribution is 2.31. The molecule has 0 radical (unpaired) electrons. The molecule has 3 aromatic rings. The molecular formula is C21H24N4OS. The zero-order valence-corrected chi connectivity index (χ0v) is 16.6. The van der Waals surface area contributed by atoms with E-state index in [1.54, 1.807) is 17.7 Å². The molecule has 27 heavy (non-hydrogen) atoms. The lowest BCUT2D eigenvalue weighted by atomic mass is 9.99. The van der Waals surface area contributed by atoms with E-state index in [-0.39, 0.29) is 11.8 Å². The van der Waals surface area contributed by atoms with Crippen LogP contribution in [0.25, 0.3) is 10.2 Å². The standard InChI is InChI=1S/C21H24N4OS/c1-3-17-13-18-19(22-14-23-20(18)27-17)24-9-11-25(12-10-24)21(26)15(2)16-7-5-4-6-8-16/h4-8,13-15H,3,9-12H2,1-2H3/t15-/m1/s1. The van der Waals surface area contributed by atoms with E-state index in [1.165, 1.54) is 4.88 Å². The summed E-state index contributed by atoms with van der Waals surface area (Å²) < 4.78 is 0. The van der Waals surface area contributed by atoms with Crippen molar-refractivity contribution >= 4 is 33.3 Å². The molecule has 5 nitrogen and oxygen atoms in total. The van der Waals surface area contributed by atoms with Gasteiger partial charge in [-0.3, -0.25) is 4.79 Å². The summed E-state index contributed by atoms with van der Waals surface area (Å²) in [6.45, 7) is 7.22. The van der Waals surface area contributed by atoms with Crippen LogP contribution in [0.15, 0.2) is 42.7 Å². The molecule has 2 aromatic heterocycles. The van der Waals surface area contributed by atoms with Gasteiger partial charge in [0.1, 0.15) is 17.0 Å². The van der Waals surface area contributed by atoms with Crippen LogP contribution in [0.2, 0.25) is 0 Å². The van der Waals surface area contributed by atoms with Crippen LogP contribution in [0.3, 0.4) is 0 Å². The summed E-state index contributed by atoms with van der Waals surface area (Å²) in [5, 5.41) is 1.14. The van der Waals surface area contributed by atoms with Crippen LogP contribution in [0.5, 0.6) is 0 Å². The molecule has 1 aliphatic heterocycles. The van der Waals surface area contributed by atoms with Gasteiger partial charge >= 0.3 is 0 Å². The molecule has 140 valence electrons. The molecule has 0 aliphatic carbocycles. The minimum absolute atomic E-state index is 0.104. The fourth-order valence-corrected chi connectivity index (χ4v) is 4.55. The zero-order valence-electron chi connectivity index (χ0n) is 15.8. The van der Waals surface area contributed by atoms with E-state index in [9.17, 15) is 4.79 Å². The molecule has 1 amide bonds. The van der Waals surface area contributed by atoms with E-state index in [4.69, 9.17) is 0 Å². The topological polar surface area (TPSA) is 49.3 Å². The molecule has 1 aromatic carbocycles. The Bertz CT molecular complexity index is 932. The number of piperazine rings is 1. The lowest BCUT2D eigenvalue weighted by molar-refractivity contribution is -0.132. The second-order valence-corrected chi connectivity index (χ2v) is 8.04. The van der Waals surface area contributed by atoms with Crippen molar-refractivity contribution in [2.45, 2.75) is 26.2 Å². The molecule has 0 spiro atoms. The maximum atomic E-state index is 12.9. The number of thiophene rings is 1. The second kappa shape index (κ2) is 7.64. The highest BCUT2D eigenvalue weighted by molar-refractivity contribution is 7.18. The Kier molecular flexibility index (Phi) is 5.07. The summed E-state index contributed by atoms with van der Waals surface area (Å²) in [5.41, 5.74) is 1.08. The van der Waals surface area contributed by atoms with Crippen molar-refractivity contribution in [2.75, 3.05) is 31.1 Å². The molecule has 3 heterocycles. The Labute approximate surface area is 163 Å². The predicted molar refractivity (Wildman–Crippen MR) is 110 cm³/mol. The lowest BCUT2D eigenvalue weighted by Crippen LogP contribution is -2.50. The number of fused-ring (bicyclic) bond motifs is 1. The third-order valence-electron chi connectivity index (χ3n) is 5.27. The third-order valence-corrected chi connectivity index (χ3v) is 6.46. The first-order valence-corrected chi connectivity index (χ1v) is 10.3. The first-order valence-electron chi connectivity index (χ1n) is 9.49. The Balaban J connectivity index is 1.46. The molecule has 0 N–H and O–H groups in total. The summed E-state index contributed by atoms with van der Waals surface area (Å²) in [5.74, 6) is 1.10. The van der Waals surface area contributed by atoms with Crippen molar-refractivity contribution in [3.05, 3.63) is 53.2 Å². The summed E-state index contributed by atoms with van der Waals surface area (Å²) in [4.78, 5) is 28.5. The Morgan fingerprint density at radius 3 is 2.59 bits per heavy atom. The average molecular weight is 381 g/mol. The van der Waals surface area contributed by atoms with Crippen molar-refractivity contribution in [3.63, 3.8) is 0 Å². The number of hydrogen-bond acceptors (Lipinski definition) is 5. The molecular weight excluding hydrogens is 356 g/mol. The second-order valence-electron chi connectivity index (χ2n) is 6.93. The maximum absolute atomic E-state index is 12.9. The number of amides is 1. The SMILES string of the molecule is CCc1cc2c(N3CCN(C(=O)[C@H](C)c4ccccc4)CC3)ncnc2s1. The van der Waals surface area contributed by atoms with Crippen molar-refractivity contribution in [2.24, 2.45) is 0 Å². The van der Waals surface area contributed by atoms with Gasteiger partial charge in [0.2, 0.25) is 5.91 Å². The van der Waals surface area contributed by atoms with Gasteiger partial charge in [-0.05, 0) is 25.0 Å². The zero-order chi connectivity index (χ0) is 18.8. The van der Waals surface area contributed by atoms with E-state index in [0.717, 1.165) is 54.2 Å². The van der Waals surface area contributed by atoms with E-state index < -0.39 is 0 Å². The van der Waals surface area contributed by atoms with E-state index in [0.29, 0.717) is 0 Å². The number of rotatable bonds is 4. The average Bonchev–Trinajstić information content (AvgIpc) is 3.17. The number of carbonyl (C=O) groups is 1. The summed E-state index contributed by atoms with van der Waals surface area (Å²) >= 11 is 1.74. The van der Waals surface area contributed by atoms with E-state index in [2.05, 4.69) is 27.9 Å². The molecule has 1 atom stereocenters. The minimum Gasteiger partial charge on any atom is -0.352 e. The molecule has 6 heteroatoms. The normalized spacial score (nSPS) is 15.9. The fraction of sp³-hybridized carbons (Fsp3) is 0.381. The molecule has 0 unspecified atom stereocenters. The van der Waals surface area contributed by atoms with Crippen LogP contribution in [0, 0.1) is 0 Å². The van der Waals surface area contributed by atoms with Gasteiger partial charge in [-0.25, -0.2) is 9.97 Å². The quantitative estimate of drug-likeness (QED) is 0.692. The molecule has 1 aliphatic rings. The molecule has 1 fully saturated rings. The van der Waals surface area contributed by atoms with Gasteiger partial charge in [-0.2, -0.15) is 0 Å². The number of benzene rings is 1. The largest absolute Gasteiger partial charge is 0.352 e. The van der Waals surface area contributed by atoms with Gasteiger partial charge in [0.05, 0.1) is 11.3 Å². The van der Waals surface area contributed by atoms with Crippen LogP contribution in [0.4, 0.5) is 5.82 Å². The lowest BCUT2D eigenvalue weighted by Gasteiger charge is -2.36. The first-order chi connectivity index (χ1) is 13.2. The summed E-state index contributed by atoms with van der Waals surface area (Å²) in [6.07, 6.45) is 2.67. The van der Waals surface area contributed by atoms with Gasteiger partial charge in [0, 0.05) is 31.1 Å². The van der Waals surface area contributed by atoms with Gasteiger partial charge in [0.15, 0.2) is 0 Å². The van der Waals surface area contributed by atoms with E-state index >= 15 is 0 Å². The Hall–Kier alpha value is -2.47. The number of hydrogen-bond donors (Lipinski definition) is 0. The van der Waals surface area contributed by atoms with Crippen molar-refractivity contribution < 1.29 is 4.79 Å². The highest BCUT2D eigenvalue weighted by atomic mass is 32.1. The monoisotopic (exact) mass is 380 g/mol. The van der Waals surface area contributed by atoms with Gasteiger partial charge in [0.25, 0.3) is 0 Å². The van der Waals surface area contributed by atoms with Gasteiger partial charge in [-0.1, -0.05) is 37.3 Å². The van der Waals surface area contributed by atoms with Crippen molar-refractivity contribution in [1.29, 1.82) is 0 Å². The fourth-order valence-electron chi connectivity index (χ4n) is 3.62. The van der Waals surface area contributed by atoms with Crippen LogP contribution in [-0.2, 0) is 11.2 Å². The number of aryl methyl sites for hydroxylation is 1. The molecule has 4 rings (SSSR count). The van der Waals surface area contributed by atoms with Crippen molar-refractivity contribution in [1.82, 2.24) is 14.9 Å². The molecule has 0 bridgehead atoms. The molecule has 1 saturated heterocycles. The highest BCUT2D eigenvalue weighted by Gasteiger charge is 2.27. The smallest absolute Gasteiger partial charge is 0.229 e. The van der Waals surface area contributed by atoms with Gasteiger partial charge in [-0.15, -0.1) is 11.3 Å². The predicted octanol–water partition coefficient (Wildman–Crippen LogP) is 3.71. The van der Waals surface area contributed by atoms with E-state index in [1.807, 2.05) is 42.2 Å². The van der Waals surface area contributed by atoms with Crippen LogP contribution in [-0.4, -0.2) is 47.0 Å².